The van der Waals surface area contributed by atoms with Crippen molar-refractivity contribution in [3.8, 4) is 5.75 Å². The molecule has 6 nitrogen and oxygen atoms in total. The summed E-state index contributed by atoms with van der Waals surface area (Å²) in [4.78, 5) is 10.8. The molecule has 0 saturated carbocycles. The molecule has 0 saturated heterocycles. The van der Waals surface area contributed by atoms with Crippen molar-refractivity contribution in [3.63, 3.8) is 0 Å². The van der Waals surface area contributed by atoms with E-state index in [2.05, 4.69) is 13.8 Å². The molecule has 1 aromatic rings. The number of nitrogens with zero attached hydrogens (tertiary/aromatic N) is 1. The Kier molecular flexibility index (Phi) is 6.02. The Morgan fingerprint density at radius 1 is 1.29 bits per heavy atom. The zero-order valence-corrected chi connectivity index (χ0v) is 13.3. The first-order chi connectivity index (χ1) is 9.70. The number of rotatable bonds is 8. The first-order valence-corrected chi connectivity index (χ1v) is 8.47. The van der Waals surface area contributed by atoms with Gasteiger partial charge in [0.15, 0.2) is 0 Å². The van der Waals surface area contributed by atoms with Crippen molar-refractivity contribution in [2.75, 3.05) is 23.7 Å². The first kappa shape index (κ1) is 17.3. The van der Waals surface area contributed by atoms with Crippen LogP contribution in [0.25, 0.3) is 0 Å². The standard InChI is InChI=1S/C14H21NO5S/c1-11(2)8-9-20-13-6-4-12(5-7-13)15(10-14(16)17)21(3,18)19/h4-7,11H,8-10H2,1-3H3,(H,16,17). The van der Waals surface area contributed by atoms with E-state index in [1.807, 2.05) is 0 Å². The number of benzene rings is 1. The summed E-state index contributed by atoms with van der Waals surface area (Å²) in [5, 5.41) is 8.80. The van der Waals surface area contributed by atoms with Gasteiger partial charge >= 0.3 is 5.97 Å². The van der Waals surface area contributed by atoms with Crippen LogP contribution in [0.3, 0.4) is 0 Å². The summed E-state index contributed by atoms with van der Waals surface area (Å²) < 4.78 is 29.6. The summed E-state index contributed by atoms with van der Waals surface area (Å²) in [5.41, 5.74) is 0.302. The van der Waals surface area contributed by atoms with E-state index in [4.69, 9.17) is 9.84 Å². The molecule has 0 amide bonds. The quantitative estimate of drug-likeness (QED) is 0.793. The van der Waals surface area contributed by atoms with Crippen LogP contribution >= 0.6 is 0 Å². The molecule has 0 bridgehead atoms. The van der Waals surface area contributed by atoms with E-state index in [1.54, 1.807) is 12.1 Å². The Morgan fingerprint density at radius 3 is 2.29 bits per heavy atom. The van der Waals surface area contributed by atoms with Crippen LogP contribution in [0.2, 0.25) is 0 Å². The number of carboxylic acids is 1. The van der Waals surface area contributed by atoms with E-state index in [9.17, 15) is 13.2 Å². The summed E-state index contributed by atoms with van der Waals surface area (Å²) in [7, 11) is -3.64. The van der Waals surface area contributed by atoms with E-state index in [-0.39, 0.29) is 0 Å². The number of sulfonamides is 1. The molecule has 0 unspecified atom stereocenters. The summed E-state index contributed by atoms with van der Waals surface area (Å²) >= 11 is 0. The van der Waals surface area contributed by atoms with Crippen LogP contribution in [0.4, 0.5) is 5.69 Å². The van der Waals surface area contributed by atoms with E-state index < -0.39 is 22.5 Å². The molecule has 0 aliphatic heterocycles. The fourth-order valence-electron chi connectivity index (χ4n) is 1.64. The van der Waals surface area contributed by atoms with Gasteiger partial charge in [-0.3, -0.25) is 9.10 Å². The number of carboxylic acid groups (broad SMARTS) is 1. The predicted octanol–water partition coefficient (Wildman–Crippen LogP) is 1.96. The monoisotopic (exact) mass is 315 g/mol. The van der Waals surface area contributed by atoms with Crippen LogP contribution in [0.5, 0.6) is 5.75 Å². The SMILES string of the molecule is CC(C)CCOc1ccc(N(CC(=O)O)S(C)(=O)=O)cc1. The third-order valence-corrected chi connectivity index (χ3v) is 3.91. The molecule has 0 atom stereocenters. The van der Waals surface area contributed by atoms with Crippen molar-refractivity contribution >= 4 is 21.7 Å². The van der Waals surface area contributed by atoms with Gasteiger partial charge < -0.3 is 9.84 Å². The highest BCUT2D eigenvalue weighted by Gasteiger charge is 2.20. The molecule has 1 aromatic carbocycles. The van der Waals surface area contributed by atoms with Crippen molar-refractivity contribution < 1.29 is 23.1 Å². The number of anilines is 1. The van der Waals surface area contributed by atoms with Crippen molar-refractivity contribution in [1.82, 2.24) is 0 Å². The number of aliphatic carboxylic acids is 1. The molecular weight excluding hydrogens is 294 g/mol. The van der Waals surface area contributed by atoms with E-state index >= 15 is 0 Å². The minimum absolute atomic E-state index is 0.302. The Labute approximate surface area is 125 Å². The topological polar surface area (TPSA) is 83.9 Å². The second kappa shape index (κ2) is 7.31. The smallest absolute Gasteiger partial charge is 0.324 e. The summed E-state index contributed by atoms with van der Waals surface area (Å²) in [6.45, 7) is 4.18. The third kappa shape index (κ3) is 6.03. The molecule has 1 N–H and O–H groups in total. The number of hydrogen-bond donors (Lipinski definition) is 1. The Balaban J connectivity index is 2.81. The van der Waals surface area contributed by atoms with E-state index in [0.717, 1.165) is 17.0 Å². The minimum atomic E-state index is -3.64. The summed E-state index contributed by atoms with van der Waals surface area (Å²) in [6.07, 6.45) is 1.90. The van der Waals surface area contributed by atoms with Crippen molar-refractivity contribution in [2.24, 2.45) is 5.92 Å². The van der Waals surface area contributed by atoms with Crippen LogP contribution in [0.15, 0.2) is 24.3 Å². The second-order valence-corrected chi connectivity index (χ2v) is 7.10. The Bertz CT molecular complexity index is 566. The van der Waals surface area contributed by atoms with Crippen LogP contribution in [-0.2, 0) is 14.8 Å². The fraction of sp³-hybridized carbons (Fsp3) is 0.500. The van der Waals surface area contributed by atoms with Crippen molar-refractivity contribution in [2.45, 2.75) is 20.3 Å². The van der Waals surface area contributed by atoms with Gasteiger partial charge in [0.1, 0.15) is 12.3 Å². The van der Waals surface area contributed by atoms with Gasteiger partial charge in [0, 0.05) is 0 Å². The lowest BCUT2D eigenvalue weighted by atomic mass is 10.1. The second-order valence-electron chi connectivity index (χ2n) is 5.19. The maximum atomic E-state index is 11.6. The van der Waals surface area contributed by atoms with E-state index in [0.29, 0.717) is 24.0 Å². The fourth-order valence-corrected chi connectivity index (χ4v) is 2.49. The van der Waals surface area contributed by atoms with Gasteiger partial charge in [-0.1, -0.05) is 13.8 Å². The van der Waals surface area contributed by atoms with Crippen molar-refractivity contribution in [1.29, 1.82) is 0 Å². The van der Waals surface area contributed by atoms with Gasteiger partial charge in [-0.15, -0.1) is 0 Å². The molecule has 0 fully saturated rings. The molecule has 118 valence electrons. The van der Waals surface area contributed by atoms with Crippen LogP contribution in [-0.4, -0.2) is 38.9 Å². The number of ether oxygens (including phenoxy) is 1. The largest absolute Gasteiger partial charge is 0.494 e. The lowest BCUT2D eigenvalue weighted by molar-refractivity contribution is -0.135. The van der Waals surface area contributed by atoms with Gasteiger partial charge in [-0.05, 0) is 36.6 Å². The van der Waals surface area contributed by atoms with Gasteiger partial charge in [0.2, 0.25) is 10.0 Å². The third-order valence-electron chi connectivity index (χ3n) is 2.77. The van der Waals surface area contributed by atoms with Crippen LogP contribution in [0.1, 0.15) is 20.3 Å². The maximum Gasteiger partial charge on any atom is 0.324 e. The molecule has 1 rings (SSSR count). The summed E-state index contributed by atoms with van der Waals surface area (Å²) in [6, 6.07) is 6.34. The zero-order valence-electron chi connectivity index (χ0n) is 12.4. The molecule has 0 aliphatic carbocycles. The van der Waals surface area contributed by atoms with Gasteiger partial charge in [-0.2, -0.15) is 0 Å². The first-order valence-electron chi connectivity index (χ1n) is 6.62. The van der Waals surface area contributed by atoms with Gasteiger partial charge in [-0.25, -0.2) is 8.42 Å². The lowest BCUT2D eigenvalue weighted by Crippen LogP contribution is -2.34. The lowest BCUT2D eigenvalue weighted by Gasteiger charge is -2.20. The molecule has 0 spiro atoms. The van der Waals surface area contributed by atoms with Gasteiger partial charge in [0.25, 0.3) is 0 Å². The zero-order chi connectivity index (χ0) is 16.0. The van der Waals surface area contributed by atoms with E-state index in [1.165, 1.54) is 12.1 Å². The molecule has 0 heterocycles. The van der Waals surface area contributed by atoms with Crippen LogP contribution < -0.4 is 9.04 Å². The highest BCUT2D eigenvalue weighted by atomic mass is 32.2. The van der Waals surface area contributed by atoms with Crippen molar-refractivity contribution in [3.05, 3.63) is 24.3 Å². The minimum Gasteiger partial charge on any atom is -0.494 e. The Hall–Kier alpha value is -1.76. The molecule has 0 radical (unpaired) electrons. The number of carbonyl (C=O) groups is 1. The molecule has 7 heteroatoms. The predicted molar refractivity (Wildman–Crippen MR) is 81.2 cm³/mol. The maximum absolute atomic E-state index is 11.6. The molecule has 21 heavy (non-hydrogen) atoms. The summed E-state index contributed by atoms with van der Waals surface area (Å²) in [5.74, 6) is -0.0403. The average molecular weight is 315 g/mol. The van der Waals surface area contributed by atoms with Gasteiger partial charge in [0.05, 0.1) is 18.6 Å². The number of hydrogen-bond acceptors (Lipinski definition) is 4. The highest BCUT2D eigenvalue weighted by molar-refractivity contribution is 7.92. The highest BCUT2D eigenvalue weighted by Crippen LogP contribution is 2.21. The molecular formula is C14H21NO5S. The normalized spacial score (nSPS) is 11.4. The van der Waals surface area contributed by atoms with Crippen LogP contribution in [0, 0.1) is 5.92 Å². The molecule has 0 aliphatic rings. The molecule has 0 aromatic heterocycles. The Morgan fingerprint density at radius 2 is 1.86 bits per heavy atom. The average Bonchev–Trinajstić information content (AvgIpc) is 2.35.